The van der Waals surface area contributed by atoms with Gasteiger partial charge < -0.3 is 15.6 Å². The number of aromatic nitrogens is 2. The van der Waals surface area contributed by atoms with Crippen molar-refractivity contribution in [1.82, 2.24) is 14.9 Å². The number of carbonyl (C=O) groups is 1. The number of pyridine rings is 1. The molecule has 32 heavy (non-hydrogen) atoms. The number of sulfonamides is 1. The van der Waals surface area contributed by atoms with Crippen LogP contribution in [-0.2, 0) is 33.5 Å². The van der Waals surface area contributed by atoms with Gasteiger partial charge >= 0.3 is 0 Å². The lowest BCUT2D eigenvalue weighted by molar-refractivity contribution is -0.121. The van der Waals surface area contributed by atoms with E-state index in [1.54, 1.807) is 43.3 Å². The van der Waals surface area contributed by atoms with E-state index in [9.17, 15) is 18.0 Å². The Bertz CT molecular complexity index is 1240. The largest absolute Gasteiger partial charge is 0.375 e. The predicted octanol–water partition coefficient (Wildman–Crippen LogP) is 1.89. The molecular weight excluding hydrogens is 450 g/mol. The van der Waals surface area contributed by atoms with Crippen molar-refractivity contribution in [2.75, 3.05) is 17.0 Å². The van der Waals surface area contributed by atoms with Crippen molar-refractivity contribution in [2.24, 2.45) is 0 Å². The Balaban J connectivity index is 1.60. The van der Waals surface area contributed by atoms with E-state index in [2.05, 4.69) is 15.0 Å². The van der Waals surface area contributed by atoms with Crippen molar-refractivity contribution in [1.29, 1.82) is 0 Å². The van der Waals surface area contributed by atoms with E-state index in [0.717, 1.165) is 5.69 Å². The number of nitrogens with two attached hydrogens (primary N) is 1. The molecule has 0 spiro atoms. The van der Waals surface area contributed by atoms with Crippen LogP contribution in [0.15, 0.2) is 52.6 Å². The van der Waals surface area contributed by atoms with Gasteiger partial charge in [-0.3, -0.25) is 14.3 Å². The summed E-state index contributed by atoms with van der Waals surface area (Å²) < 4.78 is 28.6. The van der Waals surface area contributed by atoms with E-state index in [1.807, 2.05) is 5.38 Å². The van der Waals surface area contributed by atoms with E-state index in [1.165, 1.54) is 22.0 Å². The number of benzene rings is 1. The third-order valence-electron chi connectivity index (χ3n) is 4.66. The molecule has 0 bridgehead atoms. The molecule has 0 atom stereocenters. The highest BCUT2D eigenvalue weighted by molar-refractivity contribution is 7.91. The first-order valence-corrected chi connectivity index (χ1v) is 12.5. The molecule has 1 aromatic carbocycles. The summed E-state index contributed by atoms with van der Waals surface area (Å²) in [6, 6.07) is 11.7. The lowest BCUT2D eigenvalue weighted by Crippen LogP contribution is -2.35. The number of hydrogen-bond donors (Lipinski definition) is 3. The lowest BCUT2D eigenvalue weighted by Gasteiger charge is -2.13. The first-order chi connectivity index (χ1) is 15.2. The molecule has 9 nitrogen and oxygen atoms in total. The number of hydrogen-bond acceptors (Lipinski definition) is 7. The summed E-state index contributed by atoms with van der Waals surface area (Å²) in [6.07, 6.45) is 1.37. The Morgan fingerprint density at radius 2 is 1.94 bits per heavy atom. The Kier molecular flexibility index (Phi) is 7.65. The third-order valence-corrected chi connectivity index (χ3v) is 6.63. The van der Waals surface area contributed by atoms with Crippen molar-refractivity contribution >= 4 is 38.1 Å². The fourth-order valence-corrected chi connectivity index (χ4v) is 4.87. The minimum Gasteiger partial charge on any atom is -0.375 e. The quantitative estimate of drug-likeness (QED) is 0.383. The highest BCUT2D eigenvalue weighted by Gasteiger charge is 2.16. The van der Waals surface area contributed by atoms with Crippen LogP contribution in [-0.4, -0.2) is 30.4 Å². The van der Waals surface area contributed by atoms with Gasteiger partial charge in [0.25, 0.3) is 5.56 Å². The first kappa shape index (κ1) is 23.5. The number of rotatable bonds is 10. The molecule has 0 aliphatic rings. The average molecular weight is 476 g/mol. The van der Waals surface area contributed by atoms with Gasteiger partial charge in [0.05, 0.1) is 11.4 Å². The molecule has 2 heterocycles. The van der Waals surface area contributed by atoms with Crippen molar-refractivity contribution in [3.8, 4) is 0 Å². The average Bonchev–Trinajstić information content (AvgIpc) is 3.16. The number of nitrogen functional groups attached to an aromatic ring is 1. The number of anilines is 2. The van der Waals surface area contributed by atoms with Crippen molar-refractivity contribution in [3.63, 3.8) is 0 Å². The summed E-state index contributed by atoms with van der Waals surface area (Å²) in [5.41, 5.74) is 6.96. The van der Waals surface area contributed by atoms with Crippen LogP contribution >= 0.6 is 11.3 Å². The van der Waals surface area contributed by atoms with Gasteiger partial charge in [0.1, 0.15) is 12.2 Å². The maximum absolute atomic E-state index is 12.8. The highest BCUT2D eigenvalue weighted by Crippen LogP contribution is 2.12. The SMILES string of the molecule is Cc1ccc(NS(=O)(=O)Cc2ccccc2)c(=O)n1CC(=O)NCCCc1csc(N)n1. The van der Waals surface area contributed by atoms with Crippen LogP contribution in [0.25, 0.3) is 0 Å². The zero-order valence-electron chi connectivity index (χ0n) is 17.6. The van der Waals surface area contributed by atoms with Gasteiger partial charge in [0.2, 0.25) is 15.9 Å². The molecule has 0 unspecified atom stereocenters. The van der Waals surface area contributed by atoms with Gasteiger partial charge in [-0.05, 0) is 37.5 Å². The van der Waals surface area contributed by atoms with Crippen LogP contribution in [0.3, 0.4) is 0 Å². The van der Waals surface area contributed by atoms with Crippen LogP contribution in [0.5, 0.6) is 0 Å². The molecule has 3 rings (SSSR count). The van der Waals surface area contributed by atoms with Crippen molar-refractivity contribution in [3.05, 3.63) is 75.1 Å². The molecule has 4 N–H and O–H groups in total. The summed E-state index contributed by atoms with van der Waals surface area (Å²) in [5, 5.41) is 5.16. The molecule has 0 fully saturated rings. The van der Waals surface area contributed by atoms with Crippen LogP contribution in [0.2, 0.25) is 0 Å². The van der Waals surface area contributed by atoms with Crippen molar-refractivity contribution in [2.45, 2.75) is 32.1 Å². The van der Waals surface area contributed by atoms with Gasteiger partial charge in [-0.15, -0.1) is 11.3 Å². The zero-order chi connectivity index (χ0) is 23.1. The number of carbonyl (C=O) groups excluding carboxylic acids is 1. The number of nitrogens with one attached hydrogen (secondary N) is 2. The second-order valence-corrected chi connectivity index (χ2v) is 9.87. The number of amides is 1. The van der Waals surface area contributed by atoms with Gasteiger partial charge in [-0.1, -0.05) is 30.3 Å². The van der Waals surface area contributed by atoms with E-state index >= 15 is 0 Å². The normalized spacial score (nSPS) is 11.3. The molecule has 3 aromatic rings. The van der Waals surface area contributed by atoms with Crippen LogP contribution < -0.4 is 21.3 Å². The Morgan fingerprint density at radius 3 is 2.62 bits per heavy atom. The molecular formula is C21H25N5O4S2. The van der Waals surface area contributed by atoms with Crippen LogP contribution in [0, 0.1) is 6.92 Å². The lowest BCUT2D eigenvalue weighted by atomic mass is 10.2. The fourth-order valence-electron chi connectivity index (χ4n) is 3.08. The van der Waals surface area contributed by atoms with E-state index < -0.39 is 15.6 Å². The topological polar surface area (TPSA) is 136 Å². The molecule has 1 amide bonds. The third kappa shape index (κ3) is 6.66. The summed E-state index contributed by atoms with van der Waals surface area (Å²) in [4.78, 5) is 29.3. The first-order valence-electron chi connectivity index (χ1n) is 9.95. The summed E-state index contributed by atoms with van der Waals surface area (Å²) in [5.74, 6) is -0.594. The Labute approximate surface area is 190 Å². The number of nitrogens with zero attached hydrogens (tertiary/aromatic N) is 2. The van der Waals surface area contributed by atoms with Gasteiger partial charge in [0, 0.05) is 17.6 Å². The standard InChI is InChI=1S/C21H25N5O4S2/c1-15-9-10-18(25-32(29,30)14-16-6-3-2-4-7-16)20(28)26(15)12-19(27)23-11-5-8-17-13-31-21(22)24-17/h2-4,6-7,9-10,13,25H,5,8,11-12,14H2,1H3,(H2,22,24)(H,23,27). The summed E-state index contributed by atoms with van der Waals surface area (Å²) in [6.45, 7) is 1.90. The molecule has 0 aliphatic carbocycles. The highest BCUT2D eigenvalue weighted by atomic mass is 32.2. The maximum Gasteiger partial charge on any atom is 0.275 e. The van der Waals surface area contributed by atoms with E-state index in [0.29, 0.717) is 35.8 Å². The molecule has 2 aromatic heterocycles. The van der Waals surface area contributed by atoms with Gasteiger partial charge in [-0.2, -0.15) is 0 Å². The zero-order valence-corrected chi connectivity index (χ0v) is 19.2. The number of aryl methyl sites for hydroxylation is 2. The van der Waals surface area contributed by atoms with E-state index in [4.69, 9.17) is 5.73 Å². The van der Waals surface area contributed by atoms with Gasteiger partial charge in [0.15, 0.2) is 5.13 Å². The summed E-state index contributed by atoms with van der Waals surface area (Å²) >= 11 is 1.37. The molecule has 0 saturated heterocycles. The van der Waals surface area contributed by atoms with E-state index in [-0.39, 0.29) is 23.9 Å². The molecule has 0 radical (unpaired) electrons. The second kappa shape index (κ2) is 10.4. The molecule has 11 heteroatoms. The Morgan fingerprint density at radius 1 is 1.19 bits per heavy atom. The van der Waals surface area contributed by atoms with Crippen LogP contribution in [0.4, 0.5) is 10.8 Å². The number of thiazole rings is 1. The minimum atomic E-state index is -3.79. The van der Waals surface area contributed by atoms with Crippen molar-refractivity contribution < 1.29 is 13.2 Å². The molecule has 170 valence electrons. The summed E-state index contributed by atoms with van der Waals surface area (Å²) in [7, 11) is -3.79. The Hall–Kier alpha value is -3.18. The smallest absolute Gasteiger partial charge is 0.275 e. The molecule has 0 aliphatic heterocycles. The minimum absolute atomic E-state index is 0.0968. The molecule has 0 saturated carbocycles. The maximum atomic E-state index is 12.8. The second-order valence-electron chi connectivity index (χ2n) is 7.26. The monoisotopic (exact) mass is 475 g/mol. The van der Waals surface area contributed by atoms with Gasteiger partial charge in [-0.25, -0.2) is 13.4 Å². The van der Waals surface area contributed by atoms with Crippen LogP contribution in [0.1, 0.15) is 23.4 Å². The fraction of sp³-hybridized carbons (Fsp3) is 0.286. The predicted molar refractivity (Wildman–Crippen MR) is 126 cm³/mol.